The van der Waals surface area contributed by atoms with E-state index in [1.165, 1.54) is 16.5 Å². The first-order valence-corrected chi connectivity index (χ1v) is 18.3. The molecular formula is C48H38N5OPt-3. The Morgan fingerprint density at radius 3 is 2.20 bits per heavy atom. The van der Waals surface area contributed by atoms with E-state index in [2.05, 4.69) is 194 Å². The summed E-state index contributed by atoms with van der Waals surface area (Å²) in [6.07, 6.45) is 2.00. The molecular weight excluding hydrogens is 858 g/mol. The normalized spacial score (nSPS) is 12.9. The van der Waals surface area contributed by atoms with Crippen LogP contribution in [-0.4, -0.2) is 21.2 Å². The number of rotatable bonds is 5. The van der Waals surface area contributed by atoms with Gasteiger partial charge in [0.25, 0.3) is 0 Å². The van der Waals surface area contributed by atoms with Gasteiger partial charge < -0.3 is 23.7 Å². The summed E-state index contributed by atoms with van der Waals surface area (Å²) in [7, 11) is 4.19. The predicted molar refractivity (Wildman–Crippen MR) is 222 cm³/mol. The van der Waals surface area contributed by atoms with Crippen molar-refractivity contribution < 1.29 is 25.8 Å². The van der Waals surface area contributed by atoms with Crippen molar-refractivity contribution in [3.8, 4) is 28.4 Å². The van der Waals surface area contributed by atoms with Crippen LogP contribution in [0.15, 0.2) is 134 Å². The number of aromatic nitrogens is 3. The number of hydrogen-bond acceptors (Lipinski definition) is 4. The monoisotopic (exact) mass is 895 g/mol. The van der Waals surface area contributed by atoms with E-state index < -0.39 is 0 Å². The summed E-state index contributed by atoms with van der Waals surface area (Å²) in [5.74, 6) is 2.07. The van der Waals surface area contributed by atoms with Gasteiger partial charge in [0, 0.05) is 85.1 Å². The zero-order valence-corrected chi connectivity index (χ0v) is 33.5. The Kier molecular flexibility index (Phi) is 8.36. The molecule has 0 amide bonds. The topological polar surface area (TPSA) is 38.5 Å². The second-order valence-corrected chi connectivity index (χ2v) is 15.2. The van der Waals surface area contributed by atoms with Crippen LogP contribution >= 0.6 is 0 Å². The van der Waals surface area contributed by atoms with E-state index in [0.29, 0.717) is 11.5 Å². The van der Waals surface area contributed by atoms with E-state index in [0.717, 1.165) is 66.7 Å². The van der Waals surface area contributed by atoms with Crippen LogP contribution in [0.3, 0.4) is 0 Å². The zero-order chi connectivity index (χ0) is 36.7. The van der Waals surface area contributed by atoms with Crippen molar-refractivity contribution in [1.29, 1.82) is 0 Å². The molecule has 7 heteroatoms. The molecule has 1 aliphatic heterocycles. The summed E-state index contributed by atoms with van der Waals surface area (Å²) in [5.41, 5.74) is 10.8. The Balaban J connectivity index is 0.00000397. The molecule has 0 atom stereocenters. The van der Waals surface area contributed by atoms with Gasteiger partial charge in [0.1, 0.15) is 5.82 Å². The standard InChI is InChI=1S/C48H38N5O.Pt/c1-48(2,3)33-24-34(52-30-50(4)43-17-11-12-18-44(43)52)26-36(25-33)54-35-20-21-38-39-23-32(31-13-7-6-8-14-31)19-22-42(39)53(46(38)27-35)47-28-45-40(29-49-47)37-15-9-10-16-41(37)51(45)5;/h6-25,28-30H,1-5H3;/q-3;. The van der Waals surface area contributed by atoms with Crippen molar-refractivity contribution in [2.24, 2.45) is 7.05 Å². The number of pyridine rings is 1. The van der Waals surface area contributed by atoms with Crippen molar-refractivity contribution in [3.05, 3.63) is 158 Å². The predicted octanol–water partition coefficient (Wildman–Crippen LogP) is 11.9. The molecule has 0 saturated carbocycles. The fraction of sp³-hybridized carbons (Fsp3) is 0.125. The molecule has 0 N–H and O–H groups in total. The van der Waals surface area contributed by atoms with Crippen molar-refractivity contribution in [2.45, 2.75) is 26.2 Å². The van der Waals surface area contributed by atoms with E-state index in [1.807, 2.05) is 12.3 Å². The SMILES string of the molecule is CN1[CH-]N(c2[c-]c(Oc3[c-]c4c(cc3)c3cc(-c5ccccc5)ccc3n4-c3cc4c(cn3)c3ccccc3n4C)cc(C(C)(C)C)c2)c2ccccc21.[Pt]. The van der Waals surface area contributed by atoms with E-state index in [4.69, 9.17) is 9.72 Å². The summed E-state index contributed by atoms with van der Waals surface area (Å²) in [6, 6.07) is 52.1. The maximum absolute atomic E-state index is 6.74. The number of aryl methyl sites for hydroxylation is 1. The molecule has 6 nitrogen and oxygen atoms in total. The van der Waals surface area contributed by atoms with Crippen LogP contribution < -0.4 is 14.5 Å². The maximum Gasteiger partial charge on any atom is 0.137 e. The summed E-state index contributed by atoms with van der Waals surface area (Å²) in [6.45, 7) is 8.78. The average Bonchev–Trinajstić information content (AvgIpc) is 3.80. The largest absolute Gasteiger partial charge is 0.509 e. The summed E-state index contributed by atoms with van der Waals surface area (Å²) < 4.78 is 11.2. The van der Waals surface area contributed by atoms with E-state index in [-0.39, 0.29) is 26.5 Å². The Morgan fingerprint density at radius 1 is 0.618 bits per heavy atom. The van der Waals surface area contributed by atoms with Gasteiger partial charge in [-0.2, -0.15) is 12.7 Å². The molecule has 0 bridgehead atoms. The number of ether oxygens (including phenoxy) is 1. The van der Waals surface area contributed by atoms with Crippen LogP contribution in [0.5, 0.6) is 11.5 Å². The third-order valence-electron chi connectivity index (χ3n) is 10.8. The molecule has 0 saturated heterocycles. The van der Waals surface area contributed by atoms with Gasteiger partial charge in [0.05, 0.1) is 5.52 Å². The summed E-state index contributed by atoms with van der Waals surface area (Å²) in [4.78, 5) is 9.42. The van der Waals surface area contributed by atoms with Crippen LogP contribution in [0.4, 0.5) is 17.1 Å². The molecule has 4 heterocycles. The zero-order valence-electron chi connectivity index (χ0n) is 31.2. The smallest absolute Gasteiger partial charge is 0.137 e. The van der Waals surface area contributed by atoms with E-state index in [1.54, 1.807) is 0 Å². The number of fused-ring (bicyclic) bond motifs is 7. The first-order chi connectivity index (χ1) is 26.2. The Bertz CT molecular complexity index is 2920. The molecule has 55 heavy (non-hydrogen) atoms. The molecule has 1 aliphatic rings. The van der Waals surface area contributed by atoms with Crippen LogP contribution in [0.2, 0.25) is 0 Å². The number of hydrogen-bond donors (Lipinski definition) is 0. The summed E-state index contributed by atoms with van der Waals surface area (Å²) >= 11 is 0. The molecule has 0 radical (unpaired) electrons. The van der Waals surface area contributed by atoms with Crippen LogP contribution in [-0.2, 0) is 33.5 Å². The second-order valence-electron chi connectivity index (χ2n) is 15.2. The van der Waals surface area contributed by atoms with Gasteiger partial charge in [0.2, 0.25) is 0 Å². The fourth-order valence-electron chi connectivity index (χ4n) is 7.92. The first kappa shape index (κ1) is 34.9. The molecule has 0 fully saturated rings. The Hall–Kier alpha value is -5.84. The molecule has 6 aromatic carbocycles. The van der Waals surface area contributed by atoms with Crippen molar-refractivity contribution in [2.75, 3.05) is 16.8 Å². The third kappa shape index (κ3) is 5.79. The number of benzene rings is 6. The fourth-order valence-corrected chi connectivity index (χ4v) is 7.92. The molecule has 0 aliphatic carbocycles. The van der Waals surface area contributed by atoms with E-state index in [9.17, 15) is 0 Å². The second kappa shape index (κ2) is 13.2. The van der Waals surface area contributed by atoms with Gasteiger partial charge in [-0.3, -0.25) is 0 Å². The van der Waals surface area contributed by atoms with Crippen molar-refractivity contribution in [1.82, 2.24) is 14.1 Å². The Morgan fingerprint density at radius 2 is 1.38 bits per heavy atom. The molecule has 0 unspecified atom stereocenters. The average molecular weight is 896 g/mol. The van der Waals surface area contributed by atoms with Gasteiger partial charge in [0.15, 0.2) is 0 Å². The van der Waals surface area contributed by atoms with Crippen LogP contribution in [0.25, 0.3) is 60.6 Å². The van der Waals surface area contributed by atoms with Crippen LogP contribution in [0, 0.1) is 18.8 Å². The van der Waals surface area contributed by atoms with Gasteiger partial charge in [-0.05, 0) is 53.2 Å². The minimum absolute atomic E-state index is 0. The van der Waals surface area contributed by atoms with Crippen molar-refractivity contribution in [3.63, 3.8) is 0 Å². The molecule has 0 spiro atoms. The van der Waals surface area contributed by atoms with Gasteiger partial charge in [-0.1, -0.05) is 99.1 Å². The minimum atomic E-state index is -0.115. The molecule has 10 rings (SSSR count). The van der Waals surface area contributed by atoms with Crippen LogP contribution in [0.1, 0.15) is 26.3 Å². The maximum atomic E-state index is 6.74. The molecule has 3 aromatic heterocycles. The molecule has 9 aromatic rings. The number of nitrogens with zero attached hydrogens (tertiary/aromatic N) is 5. The summed E-state index contributed by atoms with van der Waals surface area (Å²) in [5, 5.41) is 4.53. The van der Waals surface area contributed by atoms with Gasteiger partial charge in [-0.15, -0.1) is 47.0 Å². The number of para-hydroxylation sites is 3. The third-order valence-corrected chi connectivity index (χ3v) is 10.8. The first-order valence-electron chi connectivity index (χ1n) is 18.3. The van der Waals surface area contributed by atoms with E-state index >= 15 is 0 Å². The number of anilines is 3. The molecule has 274 valence electrons. The Labute approximate surface area is 335 Å². The quantitative estimate of drug-likeness (QED) is 0.161. The van der Waals surface area contributed by atoms with Gasteiger partial charge in [-0.25, -0.2) is 4.98 Å². The van der Waals surface area contributed by atoms with Gasteiger partial charge >= 0.3 is 0 Å². The van der Waals surface area contributed by atoms with Crippen molar-refractivity contribution >= 4 is 60.7 Å². The minimum Gasteiger partial charge on any atom is -0.509 e.